The number of ether oxygens (including phenoxy) is 1. The standard InChI is InChI=1S/C12H16Cl2O/c1-3-4-5-9(2)15-12-7-10(13)6-11(14)8-12/h6-9H,3-5H2,1-2H3. The van der Waals surface area contributed by atoms with Crippen molar-refractivity contribution in [2.45, 2.75) is 39.2 Å². The summed E-state index contributed by atoms with van der Waals surface area (Å²) < 4.78 is 5.71. The van der Waals surface area contributed by atoms with Gasteiger partial charge in [0.15, 0.2) is 0 Å². The van der Waals surface area contributed by atoms with Gasteiger partial charge in [-0.2, -0.15) is 0 Å². The summed E-state index contributed by atoms with van der Waals surface area (Å²) in [5.41, 5.74) is 0. The molecule has 0 radical (unpaired) electrons. The van der Waals surface area contributed by atoms with E-state index in [2.05, 4.69) is 13.8 Å². The molecule has 1 nitrogen and oxygen atoms in total. The molecule has 1 unspecified atom stereocenters. The van der Waals surface area contributed by atoms with Crippen molar-refractivity contribution in [2.75, 3.05) is 0 Å². The molecular formula is C12H16Cl2O. The summed E-state index contributed by atoms with van der Waals surface area (Å²) in [6.07, 6.45) is 3.62. The first-order valence-electron chi connectivity index (χ1n) is 5.24. The second-order valence-electron chi connectivity index (χ2n) is 3.68. The molecule has 0 heterocycles. The highest BCUT2D eigenvalue weighted by molar-refractivity contribution is 6.34. The van der Waals surface area contributed by atoms with E-state index in [0.717, 1.165) is 12.2 Å². The van der Waals surface area contributed by atoms with Gasteiger partial charge in [0.1, 0.15) is 5.75 Å². The van der Waals surface area contributed by atoms with Crippen molar-refractivity contribution < 1.29 is 4.74 Å². The van der Waals surface area contributed by atoms with Crippen molar-refractivity contribution in [1.29, 1.82) is 0 Å². The zero-order valence-corrected chi connectivity index (χ0v) is 10.6. The fourth-order valence-electron chi connectivity index (χ4n) is 1.38. The molecule has 0 bridgehead atoms. The lowest BCUT2D eigenvalue weighted by Gasteiger charge is -2.14. The average Bonchev–Trinajstić information content (AvgIpc) is 2.13. The third-order valence-corrected chi connectivity index (χ3v) is 2.57. The molecule has 0 saturated carbocycles. The fraction of sp³-hybridized carbons (Fsp3) is 0.500. The van der Waals surface area contributed by atoms with Crippen LogP contribution < -0.4 is 4.74 Å². The van der Waals surface area contributed by atoms with Crippen LogP contribution in [-0.2, 0) is 0 Å². The van der Waals surface area contributed by atoms with Crippen LogP contribution in [-0.4, -0.2) is 6.10 Å². The zero-order valence-electron chi connectivity index (χ0n) is 9.09. The van der Waals surface area contributed by atoms with Crippen LogP contribution >= 0.6 is 23.2 Å². The lowest BCUT2D eigenvalue weighted by molar-refractivity contribution is 0.207. The minimum Gasteiger partial charge on any atom is -0.491 e. The van der Waals surface area contributed by atoms with Gasteiger partial charge in [0.2, 0.25) is 0 Å². The van der Waals surface area contributed by atoms with Crippen LogP contribution in [0.4, 0.5) is 0 Å². The van der Waals surface area contributed by atoms with Crippen LogP contribution in [0, 0.1) is 0 Å². The quantitative estimate of drug-likeness (QED) is 0.715. The Bertz CT molecular complexity index is 292. The van der Waals surface area contributed by atoms with E-state index in [-0.39, 0.29) is 6.10 Å². The predicted octanol–water partition coefficient (Wildman–Crippen LogP) is 4.95. The van der Waals surface area contributed by atoms with E-state index < -0.39 is 0 Å². The Balaban J connectivity index is 2.56. The zero-order chi connectivity index (χ0) is 11.3. The molecule has 1 rings (SSSR count). The summed E-state index contributed by atoms with van der Waals surface area (Å²) in [5, 5.41) is 1.22. The van der Waals surface area contributed by atoms with Crippen molar-refractivity contribution in [3.63, 3.8) is 0 Å². The number of benzene rings is 1. The lowest BCUT2D eigenvalue weighted by Crippen LogP contribution is -2.11. The van der Waals surface area contributed by atoms with Gasteiger partial charge in [-0.05, 0) is 31.5 Å². The summed E-state index contributed by atoms with van der Waals surface area (Å²) >= 11 is 11.7. The van der Waals surface area contributed by atoms with Gasteiger partial charge in [-0.1, -0.05) is 43.0 Å². The molecule has 0 aliphatic rings. The van der Waals surface area contributed by atoms with E-state index in [0.29, 0.717) is 10.0 Å². The van der Waals surface area contributed by atoms with E-state index in [1.807, 2.05) is 0 Å². The van der Waals surface area contributed by atoms with Gasteiger partial charge in [-0.25, -0.2) is 0 Å². The Morgan fingerprint density at radius 2 is 1.80 bits per heavy atom. The number of rotatable bonds is 5. The van der Waals surface area contributed by atoms with Gasteiger partial charge in [0.05, 0.1) is 6.10 Å². The van der Waals surface area contributed by atoms with Crippen LogP contribution in [0.3, 0.4) is 0 Å². The van der Waals surface area contributed by atoms with Crippen molar-refractivity contribution >= 4 is 23.2 Å². The molecule has 3 heteroatoms. The smallest absolute Gasteiger partial charge is 0.122 e. The minimum atomic E-state index is 0.208. The molecule has 15 heavy (non-hydrogen) atoms. The number of hydrogen-bond donors (Lipinski definition) is 0. The molecular weight excluding hydrogens is 231 g/mol. The number of unbranched alkanes of at least 4 members (excludes halogenated alkanes) is 1. The Hall–Kier alpha value is -0.400. The van der Waals surface area contributed by atoms with Crippen molar-refractivity contribution in [3.8, 4) is 5.75 Å². The minimum absolute atomic E-state index is 0.208. The maximum absolute atomic E-state index is 5.87. The second-order valence-corrected chi connectivity index (χ2v) is 4.55. The van der Waals surface area contributed by atoms with Gasteiger partial charge in [0.25, 0.3) is 0 Å². The SMILES string of the molecule is CCCCC(C)Oc1cc(Cl)cc(Cl)c1. The van der Waals surface area contributed by atoms with E-state index in [9.17, 15) is 0 Å². The molecule has 1 aromatic rings. The molecule has 1 atom stereocenters. The van der Waals surface area contributed by atoms with Crippen molar-refractivity contribution in [1.82, 2.24) is 0 Å². The highest BCUT2D eigenvalue weighted by Gasteiger charge is 2.05. The largest absolute Gasteiger partial charge is 0.491 e. The van der Waals surface area contributed by atoms with Crippen LogP contribution in [0.5, 0.6) is 5.75 Å². The summed E-state index contributed by atoms with van der Waals surface area (Å²) in [6, 6.07) is 5.28. The summed E-state index contributed by atoms with van der Waals surface area (Å²) in [6.45, 7) is 4.23. The molecule has 0 aliphatic heterocycles. The third kappa shape index (κ3) is 4.76. The summed E-state index contributed by atoms with van der Waals surface area (Å²) in [4.78, 5) is 0. The van der Waals surface area contributed by atoms with E-state index >= 15 is 0 Å². The Morgan fingerprint density at radius 3 is 2.33 bits per heavy atom. The normalized spacial score (nSPS) is 12.5. The Labute approximate surface area is 101 Å². The average molecular weight is 247 g/mol. The van der Waals surface area contributed by atoms with Crippen LogP contribution in [0.1, 0.15) is 33.1 Å². The molecule has 0 spiro atoms. The van der Waals surface area contributed by atoms with Crippen molar-refractivity contribution in [3.05, 3.63) is 28.2 Å². The summed E-state index contributed by atoms with van der Waals surface area (Å²) in [7, 11) is 0. The first kappa shape index (κ1) is 12.7. The maximum Gasteiger partial charge on any atom is 0.122 e. The Morgan fingerprint density at radius 1 is 1.20 bits per heavy atom. The molecule has 0 N–H and O–H groups in total. The highest BCUT2D eigenvalue weighted by Crippen LogP contribution is 2.25. The molecule has 0 aromatic heterocycles. The molecule has 0 aliphatic carbocycles. The number of hydrogen-bond acceptors (Lipinski definition) is 1. The van der Waals surface area contributed by atoms with Gasteiger partial charge in [0, 0.05) is 10.0 Å². The topological polar surface area (TPSA) is 9.23 Å². The second kappa shape index (κ2) is 6.24. The first-order valence-corrected chi connectivity index (χ1v) is 6.00. The lowest BCUT2D eigenvalue weighted by atomic mass is 10.2. The number of halogens is 2. The van der Waals surface area contributed by atoms with E-state index in [1.54, 1.807) is 18.2 Å². The van der Waals surface area contributed by atoms with E-state index in [1.165, 1.54) is 12.8 Å². The molecule has 84 valence electrons. The maximum atomic E-state index is 5.87. The van der Waals surface area contributed by atoms with Crippen molar-refractivity contribution in [2.24, 2.45) is 0 Å². The fourth-order valence-corrected chi connectivity index (χ4v) is 1.89. The van der Waals surface area contributed by atoms with Gasteiger partial charge >= 0.3 is 0 Å². The predicted molar refractivity (Wildman–Crippen MR) is 66.1 cm³/mol. The molecule has 1 aromatic carbocycles. The molecule has 0 fully saturated rings. The van der Waals surface area contributed by atoms with E-state index in [4.69, 9.17) is 27.9 Å². The van der Waals surface area contributed by atoms with Crippen LogP contribution in [0.2, 0.25) is 10.0 Å². The molecule has 0 amide bonds. The van der Waals surface area contributed by atoms with Crippen LogP contribution in [0.15, 0.2) is 18.2 Å². The van der Waals surface area contributed by atoms with Gasteiger partial charge < -0.3 is 4.74 Å². The van der Waals surface area contributed by atoms with Gasteiger partial charge in [-0.3, -0.25) is 0 Å². The Kier molecular flexibility index (Phi) is 5.27. The third-order valence-electron chi connectivity index (χ3n) is 2.14. The van der Waals surface area contributed by atoms with Crippen LogP contribution in [0.25, 0.3) is 0 Å². The monoisotopic (exact) mass is 246 g/mol. The highest BCUT2D eigenvalue weighted by atomic mass is 35.5. The molecule has 0 saturated heterocycles. The summed E-state index contributed by atoms with van der Waals surface area (Å²) in [5.74, 6) is 0.746. The first-order chi connectivity index (χ1) is 7.11. The van der Waals surface area contributed by atoms with Gasteiger partial charge in [-0.15, -0.1) is 0 Å².